The van der Waals surface area contributed by atoms with Crippen LogP contribution in [-0.2, 0) is 22.6 Å². The Bertz CT molecular complexity index is 604. The van der Waals surface area contributed by atoms with Gasteiger partial charge < -0.3 is 14.0 Å². The molecule has 2 aromatic heterocycles. The van der Waals surface area contributed by atoms with Crippen molar-refractivity contribution in [1.82, 2.24) is 19.4 Å². The molecule has 2 saturated heterocycles. The lowest BCUT2D eigenvalue weighted by molar-refractivity contribution is -0.0563. The zero-order valence-corrected chi connectivity index (χ0v) is 14.0. The van der Waals surface area contributed by atoms with Gasteiger partial charge in [0.2, 0.25) is 0 Å². The highest BCUT2D eigenvalue weighted by Gasteiger charge is 2.43. The summed E-state index contributed by atoms with van der Waals surface area (Å²) in [7, 11) is 0. The molecule has 0 radical (unpaired) electrons. The highest BCUT2D eigenvalue weighted by Crippen LogP contribution is 2.34. The molecule has 7 heteroatoms. The second-order valence-corrected chi connectivity index (χ2v) is 7.49. The maximum absolute atomic E-state index is 6.25. The van der Waals surface area contributed by atoms with E-state index in [4.69, 9.17) is 9.47 Å². The predicted octanol–water partition coefficient (Wildman–Crippen LogP) is 1.65. The summed E-state index contributed by atoms with van der Waals surface area (Å²) in [6.45, 7) is 5.98. The topological polar surface area (TPSA) is 52.4 Å². The molecule has 0 amide bonds. The van der Waals surface area contributed by atoms with Gasteiger partial charge >= 0.3 is 0 Å². The van der Waals surface area contributed by atoms with Gasteiger partial charge in [0.05, 0.1) is 32.7 Å². The summed E-state index contributed by atoms with van der Waals surface area (Å²) in [4.78, 5) is 10.9. The molecule has 0 bridgehead atoms. The molecule has 4 heterocycles. The van der Waals surface area contributed by atoms with Crippen LogP contribution in [0.3, 0.4) is 0 Å². The Kier molecular flexibility index (Phi) is 4.43. The number of thiazole rings is 1. The standard InChI is InChI=1S/C16H22N4O2S/c1-3-20(13-17-1)8-14-7-16(22-10-14)11-19(4-5-21-12-16)9-15-18-2-6-23-15/h1-3,6,13-14H,4-5,7-12H2/t14-,16-/m1/s1. The Morgan fingerprint density at radius 3 is 3.22 bits per heavy atom. The molecule has 0 aromatic carbocycles. The van der Waals surface area contributed by atoms with Crippen molar-refractivity contribution < 1.29 is 9.47 Å². The van der Waals surface area contributed by atoms with E-state index in [1.165, 1.54) is 0 Å². The van der Waals surface area contributed by atoms with E-state index in [-0.39, 0.29) is 5.60 Å². The van der Waals surface area contributed by atoms with Crippen LogP contribution >= 0.6 is 11.3 Å². The number of aromatic nitrogens is 3. The maximum Gasteiger partial charge on any atom is 0.107 e. The zero-order valence-electron chi connectivity index (χ0n) is 13.1. The third kappa shape index (κ3) is 3.63. The lowest BCUT2D eigenvalue weighted by Crippen LogP contribution is -2.43. The molecular weight excluding hydrogens is 312 g/mol. The first-order valence-electron chi connectivity index (χ1n) is 8.10. The van der Waals surface area contributed by atoms with Crippen molar-refractivity contribution in [3.8, 4) is 0 Å². The highest BCUT2D eigenvalue weighted by atomic mass is 32.1. The minimum Gasteiger partial charge on any atom is -0.377 e. The normalized spacial score (nSPS) is 29.1. The fourth-order valence-corrected chi connectivity index (χ4v) is 4.26. The Morgan fingerprint density at radius 1 is 1.39 bits per heavy atom. The summed E-state index contributed by atoms with van der Waals surface area (Å²) >= 11 is 1.71. The minimum absolute atomic E-state index is 0.168. The molecule has 2 fully saturated rings. The Hall–Kier alpha value is -1.28. The molecular formula is C16H22N4O2S. The Morgan fingerprint density at radius 2 is 2.39 bits per heavy atom. The molecule has 2 aromatic rings. The molecule has 0 N–H and O–H groups in total. The van der Waals surface area contributed by atoms with E-state index >= 15 is 0 Å². The molecule has 0 aliphatic carbocycles. The molecule has 124 valence electrons. The van der Waals surface area contributed by atoms with Crippen LogP contribution < -0.4 is 0 Å². The van der Waals surface area contributed by atoms with Gasteiger partial charge in [-0.2, -0.15) is 0 Å². The molecule has 2 aliphatic heterocycles. The summed E-state index contributed by atoms with van der Waals surface area (Å²) in [6, 6.07) is 0. The van der Waals surface area contributed by atoms with E-state index in [1.807, 2.05) is 30.3 Å². The fraction of sp³-hybridized carbons (Fsp3) is 0.625. The summed E-state index contributed by atoms with van der Waals surface area (Å²) < 4.78 is 14.3. The molecule has 23 heavy (non-hydrogen) atoms. The van der Waals surface area contributed by atoms with Crippen molar-refractivity contribution in [2.24, 2.45) is 5.92 Å². The van der Waals surface area contributed by atoms with Gasteiger partial charge in [0.15, 0.2) is 0 Å². The van der Waals surface area contributed by atoms with Crippen LogP contribution in [0.2, 0.25) is 0 Å². The van der Waals surface area contributed by atoms with Gasteiger partial charge in [0, 0.05) is 49.5 Å². The summed E-state index contributed by atoms with van der Waals surface area (Å²) in [5.41, 5.74) is -0.168. The van der Waals surface area contributed by atoms with Crippen molar-refractivity contribution in [3.63, 3.8) is 0 Å². The maximum atomic E-state index is 6.25. The van der Waals surface area contributed by atoms with Crippen LogP contribution in [-0.4, -0.2) is 57.9 Å². The third-order valence-electron chi connectivity index (χ3n) is 4.59. The highest BCUT2D eigenvalue weighted by molar-refractivity contribution is 7.09. The van der Waals surface area contributed by atoms with Crippen molar-refractivity contribution in [3.05, 3.63) is 35.3 Å². The quantitative estimate of drug-likeness (QED) is 0.851. The minimum atomic E-state index is -0.168. The number of imidazole rings is 1. The van der Waals surface area contributed by atoms with Gasteiger partial charge in [0.25, 0.3) is 0 Å². The van der Waals surface area contributed by atoms with Crippen LogP contribution in [0.5, 0.6) is 0 Å². The Labute approximate surface area is 140 Å². The average molecular weight is 334 g/mol. The van der Waals surface area contributed by atoms with Gasteiger partial charge in [-0.3, -0.25) is 4.90 Å². The average Bonchev–Trinajstić information content (AvgIpc) is 3.25. The van der Waals surface area contributed by atoms with E-state index in [0.717, 1.165) is 50.8 Å². The fourth-order valence-electron chi connectivity index (χ4n) is 3.60. The number of nitrogens with zero attached hydrogens (tertiary/aromatic N) is 4. The molecule has 2 aliphatic rings. The second kappa shape index (κ2) is 6.68. The first-order valence-corrected chi connectivity index (χ1v) is 8.97. The lowest BCUT2D eigenvalue weighted by Gasteiger charge is -2.30. The first-order chi connectivity index (χ1) is 11.3. The van der Waals surface area contributed by atoms with Crippen molar-refractivity contribution in [1.29, 1.82) is 0 Å². The van der Waals surface area contributed by atoms with E-state index < -0.39 is 0 Å². The predicted molar refractivity (Wildman–Crippen MR) is 87.2 cm³/mol. The lowest BCUT2D eigenvalue weighted by atomic mass is 9.94. The third-order valence-corrected chi connectivity index (χ3v) is 5.35. The van der Waals surface area contributed by atoms with Gasteiger partial charge in [-0.05, 0) is 6.42 Å². The second-order valence-electron chi connectivity index (χ2n) is 6.51. The van der Waals surface area contributed by atoms with Crippen molar-refractivity contribution in [2.45, 2.75) is 25.1 Å². The van der Waals surface area contributed by atoms with Crippen LogP contribution in [0.4, 0.5) is 0 Å². The van der Waals surface area contributed by atoms with Gasteiger partial charge in [0.1, 0.15) is 10.6 Å². The van der Waals surface area contributed by atoms with Gasteiger partial charge in [-0.25, -0.2) is 9.97 Å². The SMILES string of the molecule is c1cn(C[C@@H]2CO[C@]3(COCCN(Cc4nccs4)C3)C2)cn1. The van der Waals surface area contributed by atoms with Crippen LogP contribution in [0.25, 0.3) is 0 Å². The van der Waals surface area contributed by atoms with Crippen LogP contribution in [0, 0.1) is 5.92 Å². The molecule has 6 nitrogen and oxygen atoms in total. The number of ether oxygens (including phenoxy) is 2. The molecule has 2 atom stereocenters. The van der Waals surface area contributed by atoms with Crippen molar-refractivity contribution in [2.75, 3.05) is 32.9 Å². The van der Waals surface area contributed by atoms with E-state index in [2.05, 4.69) is 19.4 Å². The summed E-state index contributed by atoms with van der Waals surface area (Å²) in [5.74, 6) is 0.521. The van der Waals surface area contributed by atoms with Crippen LogP contribution in [0.1, 0.15) is 11.4 Å². The first kappa shape index (κ1) is 15.3. The summed E-state index contributed by atoms with van der Waals surface area (Å²) in [5, 5.41) is 3.20. The largest absolute Gasteiger partial charge is 0.377 e. The van der Waals surface area contributed by atoms with Crippen LogP contribution in [0.15, 0.2) is 30.3 Å². The number of hydrogen-bond donors (Lipinski definition) is 0. The molecule has 1 spiro atoms. The molecule has 0 saturated carbocycles. The smallest absolute Gasteiger partial charge is 0.107 e. The van der Waals surface area contributed by atoms with Crippen molar-refractivity contribution >= 4 is 11.3 Å². The van der Waals surface area contributed by atoms with E-state index in [9.17, 15) is 0 Å². The molecule has 0 unspecified atom stereocenters. The van der Waals surface area contributed by atoms with E-state index in [1.54, 1.807) is 11.3 Å². The monoisotopic (exact) mass is 334 g/mol. The van der Waals surface area contributed by atoms with Gasteiger partial charge in [-0.1, -0.05) is 0 Å². The number of hydrogen-bond acceptors (Lipinski definition) is 6. The summed E-state index contributed by atoms with van der Waals surface area (Å²) in [6.07, 6.45) is 8.64. The number of rotatable bonds is 4. The molecule has 4 rings (SSSR count). The van der Waals surface area contributed by atoms with E-state index in [0.29, 0.717) is 12.5 Å². The van der Waals surface area contributed by atoms with Gasteiger partial charge in [-0.15, -0.1) is 11.3 Å². The Balaban J connectivity index is 1.40. The zero-order chi connectivity index (χ0) is 15.5.